The zero-order chi connectivity index (χ0) is 16.7. The second kappa shape index (κ2) is 8.09. The molecule has 23 heavy (non-hydrogen) atoms. The van der Waals surface area contributed by atoms with Crippen LogP contribution >= 0.6 is 0 Å². The number of thiol groups is 1. The molecule has 0 atom stereocenters. The average molecular weight is 331 g/mol. The van der Waals surface area contributed by atoms with Crippen molar-refractivity contribution in [2.45, 2.75) is 0 Å². The van der Waals surface area contributed by atoms with Gasteiger partial charge in [-0.05, 0) is 35.4 Å². The molecule has 0 aromatic heterocycles. The number of rotatable bonds is 6. The maximum atomic E-state index is 10.5. The van der Waals surface area contributed by atoms with E-state index in [-0.39, 0.29) is 0 Å². The van der Waals surface area contributed by atoms with Crippen LogP contribution < -0.4 is 4.18 Å². The molecule has 0 bridgehead atoms. The van der Waals surface area contributed by atoms with Gasteiger partial charge in [0.25, 0.3) is 11.0 Å². The summed E-state index contributed by atoms with van der Waals surface area (Å²) in [6.07, 6.45) is 3.88. The van der Waals surface area contributed by atoms with E-state index < -0.39 is 11.0 Å². The van der Waals surface area contributed by atoms with Crippen molar-refractivity contribution in [2.75, 3.05) is 14.1 Å². The molecule has 0 radical (unpaired) electrons. The normalized spacial score (nSPS) is 11.4. The summed E-state index contributed by atoms with van der Waals surface area (Å²) in [5.74, 6) is 0.300. The van der Waals surface area contributed by atoms with Crippen molar-refractivity contribution in [2.24, 2.45) is 10.3 Å². The Hall–Kier alpha value is -2.67. The monoisotopic (exact) mass is 331 g/mol. The lowest BCUT2D eigenvalue weighted by Gasteiger charge is -2.01. The van der Waals surface area contributed by atoms with E-state index in [1.807, 2.05) is 50.5 Å². The van der Waals surface area contributed by atoms with E-state index >= 15 is 0 Å². The summed E-state index contributed by atoms with van der Waals surface area (Å²) in [7, 11) is 0.745. The van der Waals surface area contributed by atoms with Crippen LogP contribution in [0.25, 0.3) is 12.2 Å². The highest BCUT2D eigenvalue weighted by Crippen LogP contribution is 2.17. The predicted octanol–water partition coefficient (Wildman–Crippen LogP) is 3.32. The first-order chi connectivity index (χ1) is 11.0. The molecule has 0 unspecified atom stereocenters. The van der Waals surface area contributed by atoms with Gasteiger partial charge in [-0.3, -0.25) is 5.01 Å². The molecule has 2 rings (SSSR count). The molecular weight excluding hydrogens is 314 g/mol. The minimum absolute atomic E-state index is 0.300. The molecule has 0 saturated carbocycles. The van der Waals surface area contributed by atoms with Crippen molar-refractivity contribution in [3.8, 4) is 5.75 Å². The Morgan fingerprint density at radius 1 is 0.913 bits per heavy atom. The summed E-state index contributed by atoms with van der Waals surface area (Å²) in [5.41, 5.74) is 2.75. The number of nitrogens with zero attached hydrogens (tertiary/aromatic N) is 3. The van der Waals surface area contributed by atoms with Crippen molar-refractivity contribution in [3.63, 3.8) is 0 Å². The predicted molar refractivity (Wildman–Crippen MR) is 91.0 cm³/mol. The lowest BCUT2D eigenvalue weighted by Crippen LogP contribution is -1.98. The third-order valence-corrected chi connectivity index (χ3v) is 3.12. The van der Waals surface area contributed by atoms with Gasteiger partial charge >= 0.3 is 0 Å². The zero-order valence-corrected chi connectivity index (χ0v) is 13.7. The van der Waals surface area contributed by atoms with E-state index in [4.69, 9.17) is 0 Å². The molecule has 2 aromatic rings. The first kappa shape index (κ1) is 16.7. The van der Waals surface area contributed by atoms with Gasteiger partial charge in [0.2, 0.25) is 0 Å². The van der Waals surface area contributed by atoms with Gasteiger partial charge in [-0.25, -0.2) is 0 Å². The third kappa shape index (κ3) is 5.91. The van der Waals surface area contributed by atoms with Gasteiger partial charge in [0.1, 0.15) is 5.75 Å². The molecule has 0 aliphatic heterocycles. The quantitative estimate of drug-likeness (QED) is 0.381. The van der Waals surface area contributed by atoms with Crippen LogP contribution in [0, 0.1) is 0 Å². The van der Waals surface area contributed by atoms with E-state index in [9.17, 15) is 8.42 Å². The average Bonchev–Trinajstić information content (AvgIpc) is 2.53. The summed E-state index contributed by atoms with van der Waals surface area (Å²) >= 11 is 0. The fourth-order valence-electron chi connectivity index (χ4n) is 1.71. The van der Waals surface area contributed by atoms with Gasteiger partial charge in [-0.15, -0.1) is 5.11 Å². The minimum Gasteiger partial charge on any atom is -0.384 e. The fourth-order valence-corrected chi connectivity index (χ4v) is 2.01. The summed E-state index contributed by atoms with van der Waals surface area (Å²) < 4.78 is 25.5. The Morgan fingerprint density at radius 2 is 1.43 bits per heavy atom. The Labute approximate surface area is 136 Å². The van der Waals surface area contributed by atoms with E-state index in [1.165, 1.54) is 0 Å². The highest BCUT2D eigenvalue weighted by atomic mass is 32.2. The minimum atomic E-state index is -2.88. The highest BCUT2D eigenvalue weighted by Gasteiger charge is 1.95. The van der Waals surface area contributed by atoms with E-state index in [0.717, 1.165) is 16.8 Å². The van der Waals surface area contributed by atoms with E-state index in [0.29, 0.717) is 5.75 Å². The fraction of sp³-hybridized carbons (Fsp3) is 0.125. The standard InChI is InChI=1S/C16H17N3O3S/c1-19(2)18-17-15-9-5-13(6-10-15)3-4-14-7-11-16(12-8-14)22-23(20)21/h3-12,23H,1-2H3. The molecular formula is C16H17N3O3S. The van der Waals surface area contributed by atoms with Crippen LogP contribution in [-0.4, -0.2) is 27.5 Å². The van der Waals surface area contributed by atoms with Crippen LogP contribution in [0.2, 0.25) is 0 Å². The molecule has 0 aliphatic rings. The summed E-state index contributed by atoms with van der Waals surface area (Å²) in [6.45, 7) is 0. The van der Waals surface area contributed by atoms with Crippen molar-refractivity contribution < 1.29 is 12.6 Å². The molecule has 0 fully saturated rings. The first-order valence-corrected chi connectivity index (χ1v) is 7.92. The molecule has 0 saturated heterocycles. The smallest absolute Gasteiger partial charge is 0.299 e. The molecule has 0 spiro atoms. The van der Waals surface area contributed by atoms with E-state index in [1.54, 1.807) is 29.3 Å². The Bertz CT molecular complexity index is 756. The number of hydrogen-bond donors (Lipinski definition) is 1. The van der Waals surface area contributed by atoms with Crippen LogP contribution in [0.4, 0.5) is 5.69 Å². The van der Waals surface area contributed by atoms with Crippen LogP contribution in [0.1, 0.15) is 11.1 Å². The first-order valence-electron chi connectivity index (χ1n) is 6.82. The SMILES string of the molecule is CN(C)N=Nc1ccc(C=Cc2ccc(O[SH](=O)=O)cc2)cc1. The largest absolute Gasteiger partial charge is 0.384 e. The molecule has 7 heteroatoms. The second-order valence-corrected chi connectivity index (χ2v) is 5.48. The lowest BCUT2D eigenvalue weighted by atomic mass is 10.1. The zero-order valence-electron chi connectivity index (χ0n) is 12.8. The molecule has 0 heterocycles. The summed E-state index contributed by atoms with van der Waals surface area (Å²) in [6, 6.07) is 14.4. The van der Waals surface area contributed by atoms with Gasteiger partial charge in [0.15, 0.2) is 0 Å². The summed E-state index contributed by atoms with van der Waals surface area (Å²) in [4.78, 5) is 0. The van der Waals surface area contributed by atoms with Crippen LogP contribution in [0.15, 0.2) is 58.9 Å². The lowest BCUT2D eigenvalue weighted by molar-refractivity contribution is 0.408. The molecule has 6 nitrogen and oxygen atoms in total. The highest BCUT2D eigenvalue weighted by molar-refractivity contribution is 7.67. The Morgan fingerprint density at radius 3 is 1.91 bits per heavy atom. The van der Waals surface area contributed by atoms with Crippen LogP contribution in [0.5, 0.6) is 5.75 Å². The molecule has 0 aliphatic carbocycles. The number of benzene rings is 2. The molecule has 2 aromatic carbocycles. The maximum Gasteiger partial charge on any atom is 0.299 e. The van der Waals surface area contributed by atoms with Gasteiger partial charge in [0.05, 0.1) is 5.69 Å². The van der Waals surface area contributed by atoms with Crippen molar-refractivity contribution in [1.82, 2.24) is 5.01 Å². The topological polar surface area (TPSA) is 71.3 Å². The molecule has 0 N–H and O–H groups in total. The van der Waals surface area contributed by atoms with Crippen molar-refractivity contribution in [1.29, 1.82) is 0 Å². The Balaban J connectivity index is 2.02. The van der Waals surface area contributed by atoms with Gasteiger partial charge in [-0.1, -0.05) is 41.6 Å². The molecule has 120 valence electrons. The molecule has 0 amide bonds. The van der Waals surface area contributed by atoms with Crippen molar-refractivity contribution >= 4 is 28.8 Å². The Kier molecular flexibility index (Phi) is 5.87. The summed E-state index contributed by atoms with van der Waals surface area (Å²) in [5, 5.41) is 9.62. The van der Waals surface area contributed by atoms with E-state index in [2.05, 4.69) is 14.5 Å². The second-order valence-electron chi connectivity index (χ2n) is 4.85. The van der Waals surface area contributed by atoms with Gasteiger partial charge < -0.3 is 4.18 Å². The maximum absolute atomic E-state index is 10.5. The third-order valence-electron chi connectivity index (χ3n) is 2.76. The van der Waals surface area contributed by atoms with Crippen molar-refractivity contribution in [3.05, 3.63) is 59.7 Å². The number of hydrogen-bond acceptors (Lipinski definition) is 5. The van der Waals surface area contributed by atoms with Crippen LogP contribution in [-0.2, 0) is 11.0 Å². The van der Waals surface area contributed by atoms with Gasteiger partial charge in [-0.2, -0.15) is 8.42 Å². The van der Waals surface area contributed by atoms with Gasteiger partial charge in [0, 0.05) is 14.1 Å². The van der Waals surface area contributed by atoms with Crippen LogP contribution in [0.3, 0.4) is 0 Å².